The Balaban J connectivity index is 2.68. The van der Waals surface area contributed by atoms with E-state index in [2.05, 4.69) is 4.72 Å². The minimum absolute atomic E-state index is 0.306. The molecule has 1 heterocycles. The van der Waals surface area contributed by atoms with Crippen LogP contribution >= 0.6 is 0 Å². The molecule has 0 bridgehead atoms. The second kappa shape index (κ2) is 5.06. The topological polar surface area (TPSA) is 75.4 Å². The van der Waals surface area contributed by atoms with Crippen LogP contribution in [0.5, 0.6) is 0 Å². The van der Waals surface area contributed by atoms with E-state index < -0.39 is 10.2 Å². The standard InChI is InChI=1S/C8H19N3O2S/c1-10-14(12,13)11-5-3-2-4-8(6-9)7-11/h8,10H,2-7,9H2,1H3. The Hall–Kier alpha value is -0.170. The van der Waals surface area contributed by atoms with Crippen LogP contribution in [0.25, 0.3) is 0 Å². The van der Waals surface area contributed by atoms with E-state index >= 15 is 0 Å². The van der Waals surface area contributed by atoms with Crippen LogP contribution in [0.4, 0.5) is 0 Å². The van der Waals surface area contributed by atoms with E-state index in [0.29, 0.717) is 25.6 Å². The van der Waals surface area contributed by atoms with Gasteiger partial charge in [-0.15, -0.1) is 0 Å². The Bertz CT molecular complexity index is 266. The van der Waals surface area contributed by atoms with E-state index in [1.165, 1.54) is 11.4 Å². The summed E-state index contributed by atoms with van der Waals surface area (Å²) in [5.41, 5.74) is 5.58. The molecule has 1 aliphatic rings. The molecule has 1 saturated heterocycles. The predicted molar refractivity (Wildman–Crippen MR) is 55.9 cm³/mol. The van der Waals surface area contributed by atoms with Crippen LogP contribution in [-0.2, 0) is 10.2 Å². The molecular formula is C8H19N3O2S. The minimum atomic E-state index is -3.26. The molecule has 1 rings (SSSR count). The van der Waals surface area contributed by atoms with Crippen molar-refractivity contribution in [2.75, 3.05) is 26.7 Å². The number of nitrogens with two attached hydrogens (primary N) is 1. The van der Waals surface area contributed by atoms with Crippen molar-refractivity contribution >= 4 is 10.2 Å². The quantitative estimate of drug-likeness (QED) is 0.675. The molecule has 0 spiro atoms. The SMILES string of the molecule is CNS(=O)(=O)N1CCCCC(CN)C1. The Morgan fingerprint density at radius 1 is 1.50 bits per heavy atom. The Morgan fingerprint density at radius 3 is 2.79 bits per heavy atom. The average Bonchev–Trinajstić information content (AvgIpc) is 2.43. The first-order chi connectivity index (χ1) is 6.60. The molecule has 1 aliphatic heterocycles. The summed E-state index contributed by atoms with van der Waals surface area (Å²) in [6, 6.07) is 0. The first-order valence-corrected chi connectivity index (χ1v) is 6.43. The summed E-state index contributed by atoms with van der Waals surface area (Å²) in [6.45, 7) is 1.73. The maximum atomic E-state index is 11.5. The van der Waals surface area contributed by atoms with Crippen LogP contribution in [0.3, 0.4) is 0 Å². The van der Waals surface area contributed by atoms with Gasteiger partial charge in [0.25, 0.3) is 10.2 Å². The molecule has 0 saturated carbocycles. The normalized spacial score (nSPS) is 26.0. The maximum absolute atomic E-state index is 11.5. The molecule has 0 amide bonds. The van der Waals surface area contributed by atoms with Gasteiger partial charge < -0.3 is 5.73 Å². The summed E-state index contributed by atoms with van der Waals surface area (Å²) in [6.07, 6.45) is 3.03. The van der Waals surface area contributed by atoms with Crippen LogP contribution < -0.4 is 10.5 Å². The average molecular weight is 221 g/mol. The van der Waals surface area contributed by atoms with E-state index in [1.807, 2.05) is 0 Å². The van der Waals surface area contributed by atoms with Crippen molar-refractivity contribution in [2.45, 2.75) is 19.3 Å². The third-order valence-electron chi connectivity index (χ3n) is 2.66. The van der Waals surface area contributed by atoms with Crippen LogP contribution in [0.2, 0.25) is 0 Å². The number of nitrogens with one attached hydrogen (secondary N) is 1. The smallest absolute Gasteiger partial charge is 0.279 e. The van der Waals surface area contributed by atoms with Crippen molar-refractivity contribution in [1.29, 1.82) is 0 Å². The lowest BCUT2D eigenvalue weighted by Gasteiger charge is -2.22. The fourth-order valence-electron chi connectivity index (χ4n) is 1.73. The van der Waals surface area contributed by atoms with Gasteiger partial charge in [0.2, 0.25) is 0 Å². The third-order valence-corrected chi connectivity index (χ3v) is 4.19. The van der Waals surface area contributed by atoms with Crippen molar-refractivity contribution < 1.29 is 8.42 Å². The highest BCUT2D eigenvalue weighted by molar-refractivity contribution is 7.87. The second-order valence-electron chi connectivity index (χ2n) is 3.66. The molecule has 1 fully saturated rings. The van der Waals surface area contributed by atoms with E-state index in [-0.39, 0.29) is 0 Å². The highest BCUT2D eigenvalue weighted by Crippen LogP contribution is 2.17. The molecule has 84 valence electrons. The lowest BCUT2D eigenvalue weighted by molar-refractivity contribution is 0.366. The van der Waals surface area contributed by atoms with E-state index in [4.69, 9.17) is 5.73 Å². The first-order valence-electron chi connectivity index (χ1n) is 4.99. The van der Waals surface area contributed by atoms with Crippen molar-refractivity contribution in [1.82, 2.24) is 9.03 Å². The molecule has 0 radical (unpaired) electrons. The van der Waals surface area contributed by atoms with E-state index in [9.17, 15) is 8.42 Å². The molecule has 1 atom stereocenters. The lowest BCUT2D eigenvalue weighted by Crippen LogP contribution is -2.42. The maximum Gasteiger partial charge on any atom is 0.279 e. The third kappa shape index (κ3) is 2.91. The van der Waals surface area contributed by atoms with Crippen molar-refractivity contribution in [3.05, 3.63) is 0 Å². The van der Waals surface area contributed by atoms with E-state index in [0.717, 1.165) is 19.3 Å². The fourth-order valence-corrected chi connectivity index (χ4v) is 2.77. The van der Waals surface area contributed by atoms with Gasteiger partial charge in [-0.25, -0.2) is 4.72 Å². The summed E-state index contributed by atoms with van der Waals surface area (Å²) in [4.78, 5) is 0. The molecule has 0 aromatic rings. The predicted octanol–water partition coefficient (Wildman–Crippen LogP) is -0.489. The van der Waals surface area contributed by atoms with Gasteiger partial charge in [-0.3, -0.25) is 0 Å². The van der Waals surface area contributed by atoms with Crippen molar-refractivity contribution in [3.8, 4) is 0 Å². The molecule has 0 aromatic carbocycles. The number of nitrogens with zero attached hydrogens (tertiary/aromatic N) is 1. The van der Waals surface area contributed by atoms with Gasteiger partial charge in [0.05, 0.1) is 0 Å². The van der Waals surface area contributed by atoms with Crippen molar-refractivity contribution in [3.63, 3.8) is 0 Å². The van der Waals surface area contributed by atoms with Crippen LogP contribution in [0.1, 0.15) is 19.3 Å². The van der Waals surface area contributed by atoms with Gasteiger partial charge in [-0.05, 0) is 25.3 Å². The molecular weight excluding hydrogens is 202 g/mol. The Kier molecular flexibility index (Phi) is 4.31. The van der Waals surface area contributed by atoms with Crippen molar-refractivity contribution in [2.24, 2.45) is 11.7 Å². The van der Waals surface area contributed by atoms with Gasteiger partial charge >= 0.3 is 0 Å². The zero-order chi connectivity index (χ0) is 10.6. The van der Waals surface area contributed by atoms with Gasteiger partial charge in [-0.1, -0.05) is 6.42 Å². The molecule has 0 aliphatic carbocycles. The zero-order valence-electron chi connectivity index (χ0n) is 8.57. The zero-order valence-corrected chi connectivity index (χ0v) is 9.39. The largest absolute Gasteiger partial charge is 0.330 e. The molecule has 1 unspecified atom stereocenters. The van der Waals surface area contributed by atoms with Gasteiger partial charge in [0, 0.05) is 20.1 Å². The summed E-state index contributed by atoms with van der Waals surface area (Å²) in [7, 11) is -1.82. The second-order valence-corrected chi connectivity index (χ2v) is 5.54. The first kappa shape index (κ1) is 11.9. The molecule has 0 aromatic heterocycles. The van der Waals surface area contributed by atoms with Gasteiger partial charge in [0.1, 0.15) is 0 Å². The summed E-state index contributed by atoms with van der Waals surface area (Å²) in [5, 5.41) is 0. The monoisotopic (exact) mass is 221 g/mol. The molecule has 6 heteroatoms. The van der Waals surface area contributed by atoms with Crippen LogP contribution in [-0.4, -0.2) is 39.4 Å². The summed E-state index contributed by atoms with van der Waals surface area (Å²) < 4.78 is 26.9. The Morgan fingerprint density at radius 2 is 2.21 bits per heavy atom. The highest BCUT2D eigenvalue weighted by Gasteiger charge is 2.25. The summed E-state index contributed by atoms with van der Waals surface area (Å²) in [5.74, 6) is 0.306. The molecule has 5 nitrogen and oxygen atoms in total. The molecule has 3 N–H and O–H groups in total. The van der Waals surface area contributed by atoms with Gasteiger partial charge in [-0.2, -0.15) is 12.7 Å². The van der Waals surface area contributed by atoms with Crippen LogP contribution in [0.15, 0.2) is 0 Å². The summed E-state index contributed by atoms with van der Waals surface area (Å²) >= 11 is 0. The number of hydrogen-bond acceptors (Lipinski definition) is 3. The fraction of sp³-hybridized carbons (Fsp3) is 1.00. The molecule has 14 heavy (non-hydrogen) atoms. The minimum Gasteiger partial charge on any atom is -0.330 e. The van der Waals surface area contributed by atoms with Gasteiger partial charge in [0.15, 0.2) is 0 Å². The lowest BCUT2D eigenvalue weighted by atomic mass is 10.0. The Labute approximate surface area is 85.8 Å². The highest BCUT2D eigenvalue weighted by atomic mass is 32.2. The van der Waals surface area contributed by atoms with Crippen LogP contribution in [0, 0.1) is 5.92 Å². The number of hydrogen-bond donors (Lipinski definition) is 2. The number of rotatable bonds is 3. The van der Waals surface area contributed by atoms with E-state index in [1.54, 1.807) is 0 Å².